The summed E-state index contributed by atoms with van der Waals surface area (Å²) in [6.45, 7) is 1.96. The number of rotatable bonds is 4. The molecule has 1 aromatic heterocycles. The summed E-state index contributed by atoms with van der Waals surface area (Å²) in [6.07, 6.45) is 1.28. The first-order valence-electron chi connectivity index (χ1n) is 6.52. The summed E-state index contributed by atoms with van der Waals surface area (Å²) in [4.78, 5) is 10.8. The van der Waals surface area contributed by atoms with E-state index < -0.39 is 5.97 Å². The number of aromatic nitrogens is 2. The molecule has 0 unspecified atom stereocenters. The molecule has 0 saturated heterocycles. The Bertz CT molecular complexity index is 683. The number of aryl methyl sites for hydroxylation is 1. The average Bonchev–Trinajstić information content (AvgIpc) is 2.81. The van der Waals surface area contributed by atoms with Crippen molar-refractivity contribution >= 4 is 29.3 Å². The monoisotopic (exact) mass is 324 g/mol. The van der Waals surface area contributed by atoms with Crippen molar-refractivity contribution in [2.45, 2.75) is 30.2 Å². The normalized spacial score (nSPS) is 21.0. The maximum atomic E-state index is 10.8. The smallest absolute Gasteiger partial charge is 0.306 e. The predicted octanol–water partition coefficient (Wildman–Crippen LogP) is 3.65. The van der Waals surface area contributed by atoms with Gasteiger partial charge in [0.15, 0.2) is 0 Å². The fourth-order valence-electron chi connectivity index (χ4n) is 2.17. The minimum atomic E-state index is -0.732. The largest absolute Gasteiger partial charge is 0.481 e. The van der Waals surface area contributed by atoms with E-state index in [1.54, 1.807) is 0 Å². The lowest BCUT2D eigenvalue weighted by atomic mass is 9.85. The van der Waals surface area contributed by atoms with Crippen molar-refractivity contribution in [3.63, 3.8) is 0 Å². The van der Waals surface area contributed by atoms with Gasteiger partial charge in [-0.05, 0) is 37.5 Å². The van der Waals surface area contributed by atoms with Crippen LogP contribution in [-0.2, 0) is 4.79 Å². The highest BCUT2D eigenvalue weighted by atomic mass is 35.5. The van der Waals surface area contributed by atoms with Crippen molar-refractivity contribution in [3.8, 4) is 11.5 Å². The number of carboxylic acids is 1. The second-order valence-corrected chi connectivity index (χ2v) is 6.76. The lowest BCUT2D eigenvalue weighted by molar-refractivity contribution is -0.144. The molecular weight excluding hydrogens is 312 g/mol. The summed E-state index contributed by atoms with van der Waals surface area (Å²) < 4.78 is 5.60. The highest BCUT2D eigenvalue weighted by Gasteiger charge is 2.36. The van der Waals surface area contributed by atoms with Gasteiger partial charge in [0.05, 0.1) is 16.5 Å². The van der Waals surface area contributed by atoms with E-state index in [1.165, 1.54) is 11.8 Å². The molecule has 7 heteroatoms. The summed E-state index contributed by atoms with van der Waals surface area (Å²) in [7, 11) is 0. The van der Waals surface area contributed by atoms with E-state index in [2.05, 4.69) is 10.2 Å². The van der Waals surface area contributed by atoms with Crippen molar-refractivity contribution in [2.24, 2.45) is 5.92 Å². The lowest BCUT2D eigenvalue weighted by Crippen LogP contribution is -2.32. The van der Waals surface area contributed by atoms with E-state index >= 15 is 0 Å². The SMILES string of the molecule is Cc1ccc(-c2nnc(S[C@H]3C[C@@H](C(=O)O)C3)o2)c(Cl)c1. The maximum absolute atomic E-state index is 10.8. The molecule has 5 nitrogen and oxygen atoms in total. The molecule has 2 aromatic rings. The van der Waals surface area contributed by atoms with Crippen LogP contribution in [0.1, 0.15) is 18.4 Å². The molecule has 1 aromatic carbocycles. The van der Waals surface area contributed by atoms with E-state index in [9.17, 15) is 4.79 Å². The Kier molecular flexibility index (Phi) is 3.91. The predicted molar refractivity (Wildman–Crippen MR) is 79.5 cm³/mol. The van der Waals surface area contributed by atoms with Crippen LogP contribution in [0.4, 0.5) is 0 Å². The lowest BCUT2D eigenvalue weighted by Gasteiger charge is -2.30. The number of thioether (sulfide) groups is 1. The van der Waals surface area contributed by atoms with Gasteiger partial charge in [-0.1, -0.05) is 29.4 Å². The first-order valence-corrected chi connectivity index (χ1v) is 7.78. The third-order valence-electron chi connectivity index (χ3n) is 3.47. The van der Waals surface area contributed by atoms with Crippen LogP contribution in [0, 0.1) is 12.8 Å². The molecule has 0 amide bonds. The number of hydrogen-bond donors (Lipinski definition) is 1. The topological polar surface area (TPSA) is 76.2 Å². The minimum Gasteiger partial charge on any atom is -0.481 e. The summed E-state index contributed by atoms with van der Waals surface area (Å²) in [5.41, 5.74) is 1.77. The van der Waals surface area contributed by atoms with E-state index in [0.717, 1.165) is 5.56 Å². The zero-order valence-electron chi connectivity index (χ0n) is 11.2. The van der Waals surface area contributed by atoms with Crippen LogP contribution in [-0.4, -0.2) is 26.5 Å². The summed E-state index contributed by atoms with van der Waals surface area (Å²) in [6, 6.07) is 5.63. The second kappa shape index (κ2) is 5.69. The third kappa shape index (κ3) is 3.06. The number of aliphatic carboxylic acids is 1. The van der Waals surface area contributed by atoms with Gasteiger partial charge in [0.1, 0.15) is 0 Å². The quantitative estimate of drug-likeness (QED) is 0.925. The van der Waals surface area contributed by atoms with Gasteiger partial charge in [-0.25, -0.2) is 0 Å². The molecule has 1 heterocycles. The molecule has 0 atom stereocenters. The van der Waals surface area contributed by atoms with Gasteiger partial charge in [0.2, 0.25) is 5.89 Å². The molecule has 1 fully saturated rings. The van der Waals surface area contributed by atoms with Crippen molar-refractivity contribution in [3.05, 3.63) is 28.8 Å². The highest BCUT2D eigenvalue weighted by molar-refractivity contribution is 7.99. The number of benzene rings is 1. The number of carboxylic acid groups (broad SMARTS) is 1. The fraction of sp³-hybridized carbons (Fsp3) is 0.357. The van der Waals surface area contributed by atoms with Gasteiger partial charge in [-0.3, -0.25) is 4.79 Å². The van der Waals surface area contributed by atoms with E-state index in [1.807, 2.05) is 25.1 Å². The van der Waals surface area contributed by atoms with Crippen LogP contribution >= 0.6 is 23.4 Å². The van der Waals surface area contributed by atoms with Crippen molar-refractivity contribution in [2.75, 3.05) is 0 Å². The van der Waals surface area contributed by atoms with Crippen LogP contribution in [0.25, 0.3) is 11.5 Å². The second-order valence-electron chi connectivity index (χ2n) is 5.10. The van der Waals surface area contributed by atoms with Gasteiger partial charge in [-0.2, -0.15) is 0 Å². The zero-order chi connectivity index (χ0) is 15.0. The van der Waals surface area contributed by atoms with Crippen LogP contribution in [0.5, 0.6) is 0 Å². The summed E-state index contributed by atoms with van der Waals surface area (Å²) in [5.74, 6) is -0.586. The highest BCUT2D eigenvalue weighted by Crippen LogP contribution is 2.41. The molecule has 0 bridgehead atoms. The number of carbonyl (C=O) groups is 1. The van der Waals surface area contributed by atoms with E-state index in [0.29, 0.717) is 34.5 Å². The summed E-state index contributed by atoms with van der Waals surface area (Å²) >= 11 is 7.60. The number of hydrogen-bond acceptors (Lipinski definition) is 5. The van der Waals surface area contributed by atoms with Crippen molar-refractivity contribution in [1.82, 2.24) is 10.2 Å². The van der Waals surface area contributed by atoms with Gasteiger partial charge >= 0.3 is 5.97 Å². The van der Waals surface area contributed by atoms with Crippen LogP contribution in [0.3, 0.4) is 0 Å². The Morgan fingerprint density at radius 3 is 2.86 bits per heavy atom. The Morgan fingerprint density at radius 1 is 1.43 bits per heavy atom. The van der Waals surface area contributed by atoms with Gasteiger partial charge in [-0.15, -0.1) is 10.2 Å². The molecular formula is C14H13ClN2O3S. The van der Waals surface area contributed by atoms with Crippen molar-refractivity contribution in [1.29, 1.82) is 0 Å². The van der Waals surface area contributed by atoms with E-state index in [4.69, 9.17) is 21.1 Å². The van der Waals surface area contributed by atoms with E-state index in [-0.39, 0.29) is 11.2 Å². The maximum Gasteiger partial charge on any atom is 0.306 e. The number of halogens is 1. The molecule has 21 heavy (non-hydrogen) atoms. The Hall–Kier alpha value is -1.53. The van der Waals surface area contributed by atoms with Gasteiger partial charge < -0.3 is 9.52 Å². The Labute approximate surface area is 130 Å². The molecule has 1 N–H and O–H groups in total. The van der Waals surface area contributed by atoms with Crippen molar-refractivity contribution < 1.29 is 14.3 Å². The average molecular weight is 325 g/mol. The molecule has 1 saturated carbocycles. The first kappa shape index (κ1) is 14.4. The van der Waals surface area contributed by atoms with Crippen LogP contribution in [0.2, 0.25) is 5.02 Å². The molecule has 3 rings (SSSR count). The Morgan fingerprint density at radius 2 is 2.19 bits per heavy atom. The zero-order valence-corrected chi connectivity index (χ0v) is 12.8. The van der Waals surface area contributed by atoms with Gasteiger partial charge in [0.25, 0.3) is 5.22 Å². The molecule has 0 aliphatic heterocycles. The number of nitrogens with zero attached hydrogens (tertiary/aromatic N) is 2. The Balaban J connectivity index is 1.68. The fourth-order valence-corrected chi connectivity index (χ4v) is 3.64. The van der Waals surface area contributed by atoms with Crippen LogP contribution < -0.4 is 0 Å². The first-order chi connectivity index (χ1) is 10.0. The molecule has 1 aliphatic rings. The minimum absolute atomic E-state index is 0.230. The molecule has 0 spiro atoms. The van der Waals surface area contributed by atoms with Crippen LogP contribution in [0.15, 0.2) is 27.8 Å². The van der Waals surface area contributed by atoms with Gasteiger partial charge in [0, 0.05) is 5.25 Å². The third-order valence-corrected chi connectivity index (χ3v) is 4.87. The molecule has 1 aliphatic carbocycles. The summed E-state index contributed by atoms with van der Waals surface area (Å²) in [5, 5.41) is 18.1. The molecule has 110 valence electrons. The molecule has 0 radical (unpaired) electrons. The standard InChI is InChI=1S/C14H13ClN2O3S/c1-7-2-3-10(11(15)4-7)12-16-17-14(20-12)21-9-5-8(6-9)13(18)19/h2-4,8-9H,5-6H2,1H3,(H,18,19)/t8-,9+.